The standard InChI is InChI=1S/C12H22O3/c1-9(10(13)15-11(2,3)4)12(14)7-5-6-8-12/h9,14H,5-8H2,1-4H3. The minimum atomic E-state index is -0.831. The minimum absolute atomic E-state index is 0.285. The maximum atomic E-state index is 11.8. The molecule has 0 aromatic rings. The van der Waals surface area contributed by atoms with Crippen molar-refractivity contribution < 1.29 is 14.6 Å². The molecule has 1 rings (SSSR count). The summed E-state index contributed by atoms with van der Waals surface area (Å²) in [4.78, 5) is 11.8. The van der Waals surface area contributed by atoms with Crippen LogP contribution < -0.4 is 0 Å². The Morgan fingerprint density at radius 2 is 1.80 bits per heavy atom. The van der Waals surface area contributed by atoms with E-state index in [1.807, 2.05) is 20.8 Å². The number of carbonyl (C=O) groups is 1. The van der Waals surface area contributed by atoms with Crippen LogP contribution >= 0.6 is 0 Å². The van der Waals surface area contributed by atoms with Crippen LogP contribution in [0, 0.1) is 5.92 Å². The molecule has 1 aliphatic carbocycles. The Morgan fingerprint density at radius 1 is 1.33 bits per heavy atom. The molecule has 1 aliphatic rings. The van der Waals surface area contributed by atoms with Gasteiger partial charge in [-0.05, 0) is 40.5 Å². The molecule has 3 nitrogen and oxygen atoms in total. The average molecular weight is 214 g/mol. The SMILES string of the molecule is CC(C(=O)OC(C)(C)C)C1(O)CCCC1. The first kappa shape index (κ1) is 12.5. The largest absolute Gasteiger partial charge is 0.460 e. The third-order valence-electron chi connectivity index (χ3n) is 3.04. The van der Waals surface area contributed by atoms with Crippen LogP contribution in [-0.2, 0) is 9.53 Å². The van der Waals surface area contributed by atoms with Gasteiger partial charge in [0.05, 0.1) is 11.5 Å². The molecule has 1 fully saturated rings. The molecule has 0 spiro atoms. The first-order valence-electron chi connectivity index (χ1n) is 5.70. The van der Waals surface area contributed by atoms with E-state index >= 15 is 0 Å². The van der Waals surface area contributed by atoms with E-state index in [4.69, 9.17) is 4.74 Å². The number of hydrogen-bond acceptors (Lipinski definition) is 3. The number of aliphatic hydroxyl groups is 1. The van der Waals surface area contributed by atoms with E-state index in [9.17, 15) is 9.90 Å². The fraction of sp³-hybridized carbons (Fsp3) is 0.917. The predicted octanol–water partition coefficient (Wildman–Crippen LogP) is 2.27. The van der Waals surface area contributed by atoms with Crippen LogP contribution in [0.5, 0.6) is 0 Å². The molecule has 88 valence electrons. The van der Waals surface area contributed by atoms with Gasteiger partial charge in [0.2, 0.25) is 0 Å². The lowest BCUT2D eigenvalue weighted by atomic mass is 9.87. The minimum Gasteiger partial charge on any atom is -0.460 e. The monoisotopic (exact) mass is 214 g/mol. The van der Waals surface area contributed by atoms with Crippen molar-refractivity contribution in [3.8, 4) is 0 Å². The Bertz CT molecular complexity index is 234. The van der Waals surface area contributed by atoms with E-state index in [0.29, 0.717) is 12.8 Å². The molecule has 0 amide bonds. The summed E-state index contributed by atoms with van der Waals surface area (Å²) in [7, 11) is 0. The van der Waals surface area contributed by atoms with E-state index in [0.717, 1.165) is 12.8 Å². The molecule has 0 aromatic carbocycles. The van der Waals surface area contributed by atoms with Gasteiger partial charge in [0.1, 0.15) is 5.60 Å². The van der Waals surface area contributed by atoms with Gasteiger partial charge in [-0.15, -0.1) is 0 Å². The van der Waals surface area contributed by atoms with Crippen molar-refractivity contribution in [3.05, 3.63) is 0 Å². The van der Waals surface area contributed by atoms with E-state index in [-0.39, 0.29) is 5.97 Å². The van der Waals surface area contributed by atoms with E-state index in [1.54, 1.807) is 6.92 Å². The molecule has 1 N–H and O–H groups in total. The number of hydrogen-bond donors (Lipinski definition) is 1. The van der Waals surface area contributed by atoms with Gasteiger partial charge in [-0.3, -0.25) is 4.79 Å². The van der Waals surface area contributed by atoms with Gasteiger partial charge in [0.25, 0.3) is 0 Å². The van der Waals surface area contributed by atoms with Gasteiger partial charge in [-0.1, -0.05) is 12.8 Å². The van der Waals surface area contributed by atoms with Crippen LogP contribution in [0.15, 0.2) is 0 Å². The maximum Gasteiger partial charge on any atom is 0.312 e. The highest BCUT2D eigenvalue weighted by Gasteiger charge is 2.42. The summed E-state index contributed by atoms with van der Waals surface area (Å²) in [6, 6.07) is 0. The zero-order valence-electron chi connectivity index (χ0n) is 10.2. The topological polar surface area (TPSA) is 46.5 Å². The van der Waals surface area contributed by atoms with Crippen molar-refractivity contribution in [1.82, 2.24) is 0 Å². The maximum absolute atomic E-state index is 11.8. The fourth-order valence-electron chi connectivity index (χ4n) is 2.03. The average Bonchev–Trinajstić information content (AvgIpc) is 2.49. The molecular formula is C12H22O3. The third-order valence-corrected chi connectivity index (χ3v) is 3.04. The Morgan fingerprint density at radius 3 is 2.20 bits per heavy atom. The van der Waals surface area contributed by atoms with Crippen molar-refractivity contribution in [1.29, 1.82) is 0 Å². The zero-order chi connectivity index (χ0) is 11.7. The molecule has 3 heteroatoms. The highest BCUT2D eigenvalue weighted by atomic mass is 16.6. The summed E-state index contributed by atoms with van der Waals surface area (Å²) in [6.45, 7) is 7.29. The van der Waals surface area contributed by atoms with Crippen LogP contribution in [0.3, 0.4) is 0 Å². The van der Waals surface area contributed by atoms with E-state index in [2.05, 4.69) is 0 Å². The van der Waals surface area contributed by atoms with E-state index in [1.165, 1.54) is 0 Å². The fourth-order valence-corrected chi connectivity index (χ4v) is 2.03. The van der Waals surface area contributed by atoms with Crippen LogP contribution in [0.2, 0.25) is 0 Å². The summed E-state index contributed by atoms with van der Waals surface area (Å²) in [5.41, 5.74) is -1.30. The van der Waals surface area contributed by atoms with E-state index < -0.39 is 17.1 Å². The van der Waals surface area contributed by atoms with Crippen LogP contribution in [0.25, 0.3) is 0 Å². The lowest BCUT2D eigenvalue weighted by molar-refractivity contribution is -0.168. The molecule has 0 saturated heterocycles. The molecule has 1 saturated carbocycles. The van der Waals surface area contributed by atoms with Gasteiger partial charge in [-0.25, -0.2) is 0 Å². The van der Waals surface area contributed by atoms with Crippen LogP contribution in [0.1, 0.15) is 53.4 Å². The third kappa shape index (κ3) is 3.20. The lowest BCUT2D eigenvalue weighted by Crippen LogP contribution is -2.41. The Hall–Kier alpha value is -0.570. The van der Waals surface area contributed by atoms with Crippen molar-refractivity contribution in [2.45, 2.75) is 64.6 Å². The van der Waals surface area contributed by atoms with Gasteiger partial charge >= 0.3 is 5.97 Å². The molecule has 0 aliphatic heterocycles. The number of esters is 1. The van der Waals surface area contributed by atoms with Crippen molar-refractivity contribution in [3.63, 3.8) is 0 Å². The molecule has 0 heterocycles. The lowest BCUT2D eigenvalue weighted by Gasteiger charge is -2.30. The second-order valence-electron chi connectivity index (χ2n) is 5.57. The number of carbonyl (C=O) groups excluding carboxylic acids is 1. The molecule has 0 aromatic heterocycles. The van der Waals surface area contributed by atoms with Crippen molar-refractivity contribution in [2.24, 2.45) is 5.92 Å². The molecule has 1 unspecified atom stereocenters. The summed E-state index contributed by atoms with van der Waals surface area (Å²) in [5, 5.41) is 10.2. The van der Waals surface area contributed by atoms with Crippen LogP contribution in [0.4, 0.5) is 0 Å². The van der Waals surface area contributed by atoms with Gasteiger partial charge in [0, 0.05) is 0 Å². The second-order valence-corrected chi connectivity index (χ2v) is 5.57. The Kier molecular flexibility index (Phi) is 3.44. The predicted molar refractivity (Wildman–Crippen MR) is 58.4 cm³/mol. The molecule has 15 heavy (non-hydrogen) atoms. The highest BCUT2D eigenvalue weighted by molar-refractivity contribution is 5.74. The normalized spacial score (nSPS) is 22.5. The first-order chi connectivity index (χ1) is 6.75. The number of ether oxygens (including phenoxy) is 1. The first-order valence-corrected chi connectivity index (χ1v) is 5.70. The Labute approximate surface area is 91.8 Å². The van der Waals surface area contributed by atoms with Gasteiger partial charge in [0.15, 0.2) is 0 Å². The van der Waals surface area contributed by atoms with Gasteiger partial charge < -0.3 is 9.84 Å². The molecule has 1 atom stereocenters. The molecule has 0 radical (unpaired) electrons. The zero-order valence-corrected chi connectivity index (χ0v) is 10.2. The number of rotatable bonds is 2. The highest BCUT2D eigenvalue weighted by Crippen LogP contribution is 2.36. The summed E-state index contributed by atoms with van der Waals surface area (Å²) < 4.78 is 5.28. The van der Waals surface area contributed by atoms with Crippen molar-refractivity contribution in [2.75, 3.05) is 0 Å². The Balaban J connectivity index is 2.60. The quantitative estimate of drug-likeness (QED) is 0.717. The molecular weight excluding hydrogens is 192 g/mol. The second kappa shape index (κ2) is 4.12. The summed E-state index contributed by atoms with van der Waals surface area (Å²) in [5.74, 6) is -0.703. The smallest absolute Gasteiger partial charge is 0.312 e. The van der Waals surface area contributed by atoms with Crippen LogP contribution in [-0.4, -0.2) is 22.3 Å². The summed E-state index contributed by atoms with van der Waals surface area (Å²) in [6.07, 6.45) is 3.44. The molecule has 0 bridgehead atoms. The summed E-state index contributed by atoms with van der Waals surface area (Å²) >= 11 is 0. The van der Waals surface area contributed by atoms with Gasteiger partial charge in [-0.2, -0.15) is 0 Å². The van der Waals surface area contributed by atoms with Crippen molar-refractivity contribution >= 4 is 5.97 Å².